The van der Waals surface area contributed by atoms with Crippen LogP contribution in [0.25, 0.3) is 0 Å². The van der Waals surface area contributed by atoms with Crippen LogP contribution in [0.1, 0.15) is 46.5 Å². The van der Waals surface area contributed by atoms with Gasteiger partial charge in [-0.15, -0.1) is 0 Å². The van der Waals surface area contributed by atoms with Gasteiger partial charge in [0.1, 0.15) is 0 Å². The van der Waals surface area contributed by atoms with E-state index in [1.165, 1.54) is 12.8 Å². The first-order valence-electron chi connectivity index (χ1n) is 5.81. The lowest BCUT2D eigenvalue weighted by Gasteiger charge is -2.29. The molecule has 1 rings (SSSR count). The Bertz CT molecular complexity index is 179. The molecule has 0 saturated heterocycles. The third-order valence-corrected chi connectivity index (χ3v) is 3.33. The number of esters is 1. The van der Waals surface area contributed by atoms with E-state index in [4.69, 9.17) is 4.74 Å². The van der Waals surface area contributed by atoms with E-state index in [1.54, 1.807) is 0 Å². The van der Waals surface area contributed by atoms with E-state index in [-0.39, 0.29) is 11.9 Å². The standard InChI is InChI=1S/C12H22O2/c1-4-14-12(13)11-7-5-10(6-8-11)9(2)3/h9-11H,4-8H2,1-3H3/t10-,11+. The van der Waals surface area contributed by atoms with Gasteiger partial charge in [-0.2, -0.15) is 0 Å². The van der Waals surface area contributed by atoms with Crippen LogP contribution in [0.4, 0.5) is 0 Å². The third kappa shape index (κ3) is 3.00. The van der Waals surface area contributed by atoms with Crippen molar-refractivity contribution in [2.45, 2.75) is 46.5 Å². The van der Waals surface area contributed by atoms with E-state index >= 15 is 0 Å². The maximum absolute atomic E-state index is 11.5. The van der Waals surface area contributed by atoms with Crippen molar-refractivity contribution in [1.82, 2.24) is 0 Å². The van der Waals surface area contributed by atoms with Crippen LogP contribution in [0.3, 0.4) is 0 Å². The van der Waals surface area contributed by atoms with Crippen LogP contribution in [0.15, 0.2) is 0 Å². The van der Waals surface area contributed by atoms with Gasteiger partial charge in [-0.05, 0) is 44.4 Å². The molecule has 1 saturated carbocycles. The Kier molecular flexibility index (Phi) is 4.43. The molecule has 0 amide bonds. The molecule has 0 aromatic heterocycles. The minimum Gasteiger partial charge on any atom is -0.466 e. The number of ether oxygens (including phenoxy) is 1. The zero-order valence-corrected chi connectivity index (χ0v) is 9.58. The largest absolute Gasteiger partial charge is 0.466 e. The number of rotatable bonds is 3. The van der Waals surface area contributed by atoms with Gasteiger partial charge in [0.25, 0.3) is 0 Å². The Hall–Kier alpha value is -0.530. The van der Waals surface area contributed by atoms with Crippen LogP contribution >= 0.6 is 0 Å². The van der Waals surface area contributed by atoms with Crippen molar-refractivity contribution >= 4 is 5.97 Å². The van der Waals surface area contributed by atoms with Gasteiger partial charge in [0.2, 0.25) is 0 Å². The molecule has 2 heteroatoms. The highest BCUT2D eigenvalue weighted by molar-refractivity contribution is 5.72. The van der Waals surface area contributed by atoms with Crippen molar-refractivity contribution in [1.29, 1.82) is 0 Å². The van der Waals surface area contributed by atoms with Crippen LogP contribution < -0.4 is 0 Å². The predicted octanol–water partition coefficient (Wildman–Crippen LogP) is 3.01. The van der Waals surface area contributed by atoms with E-state index in [9.17, 15) is 4.79 Å². The predicted molar refractivity (Wildman–Crippen MR) is 56.9 cm³/mol. The number of hydrogen-bond acceptors (Lipinski definition) is 2. The molecule has 0 aromatic rings. The third-order valence-electron chi connectivity index (χ3n) is 3.33. The molecule has 0 spiro atoms. The first-order valence-corrected chi connectivity index (χ1v) is 5.81. The summed E-state index contributed by atoms with van der Waals surface area (Å²) in [7, 11) is 0. The molecule has 0 N–H and O–H groups in total. The summed E-state index contributed by atoms with van der Waals surface area (Å²) in [6.07, 6.45) is 4.45. The first-order chi connectivity index (χ1) is 6.65. The Morgan fingerprint density at radius 1 is 1.29 bits per heavy atom. The zero-order chi connectivity index (χ0) is 10.6. The van der Waals surface area contributed by atoms with E-state index in [0.717, 1.165) is 24.7 Å². The molecule has 0 bridgehead atoms. The summed E-state index contributed by atoms with van der Waals surface area (Å²) < 4.78 is 5.04. The highest BCUT2D eigenvalue weighted by Gasteiger charge is 2.28. The molecule has 14 heavy (non-hydrogen) atoms. The van der Waals surface area contributed by atoms with Crippen LogP contribution in [0.5, 0.6) is 0 Å². The summed E-state index contributed by atoms with van der Waals surface area (Å²) >= 11 is 0. The number of carbonyl (C=O) groups is 1. The van der Waals surface area contributed by atoms with Gasteiger partial charge < -0.3 is 4.74 Å². The fraction of sp³-hybridized carbons (Fsp3) is 0.917. The SMILES string of the molecule is CCOC(=O)[C@H]1CC[C@@H](C(C)C)CC1. The second kappa shape index (κ2) is 5.38. The molecule has 0 aliphatic heterocycles. The van der Waals surface area contributed by atoms with Gasteiger partial charge in [0.05, 0.1) is 12.5 Å². The summed E-state index contributed by atoms with van der Waals surface area (Å²) in [4.78, 5) is 11.5. The lowest BCUT2D eigenvalue weighted by Crippen LogP contribution is -2.25. The molecule has 82 valence electrons. The molecule has 2 nitrogen and oxygen atoms in total. The molecule has 1 aliphatic rings. The molecule has 1 fully saturated rings. The van der Waals surface area contributed by atoms with Gasteiger partial charge in [0, 0.05) is 0 Å². The molecule has 0 aromatic carbocycles. The van der Waals surface area contributed by atoms with Crippen LogP contribution in [-0.2, 0) is 9.53 Å². The highest BCUT2D eigenvalue weighted by Crippen LogP contribution is 2.33. The van der Waals surface area contributed by atoms with Crippen LogP contribution in [-0.4, -0.2) is 12.6 Å². The normalized spacial score (nSPS) is 27.7. The molecular weight excluding hydrogens is 176 g/mol. The quantitative estimate of drug-likeness (QED) is 0.652. The van der Waals surface area contributed by atoms with Crippen molar-refractivity contribution in [3.63, 3.8) is 0 Å². The molecule has 0 radical (unpaired) electrons. The highest BCUT2D eigenvalue weighted by atomic mass is 16.5. The minimum atomic E-state index is 0.0229. The lowest BCUT2D eigenvalue weighted by molar-refractivity contribution is -0.149. The van der Waals surface area contributed by atoms with Gasteiger partial charge in [-0.25, -0.2) is 0 Å². The summed E-state index contributed by atoms with van der Waals surface area (Å²) in [5.74, 6) is 1.79. The number of carbonyl (C=O) groups excluding carboxylic acids is 1. The van der Waals surface area contributed by atoms with E-state index in [2.05, 4.69) is 13.8 Å². The van der Waals surface area contributed by atoms with Crippen LogP contribution in [0.2, 0.25) is 0 Å². The zero-order valence-electron chi connectivity index (χ0n) is 9.58. The molecule has 0 atom stereocenters. The second-order valence-corrected chi connectivity index (χ2v) is 4.61. The molecule has 0 heterocycles. The van der Waals surface area contributed by atoms with Crippen molar-refractivity contribution in [3.05, 3.63) is 0 Å². The second-order valence-electron chi connectivity index (χ2n) is 4.61. The van der Waals surface area contributed by atoms with Crippen molar-refractivity contribution in [3.8, 4) is 0 Å². The Morgan fingerprint density at radius 2 is 1.86 bits per heavy atom. The van der Waals surface area contributed by atoms with Gasteiger partial charge in [0.15, 0.2) is 0 Å². The fourth-order valence-electron chi connectivity index (χ4n) is 2.28. The van der Waals surface area contributed by atoms with Crippen molar-refractivity contribution in [2.75, 3.05) is 6.61 Å². The summed E-state index contributed by atoms with van der Waals surface area (Å²) in [6, 6.07) is 0. The summed E-state index contributed by atoms with van der Waals surface area (Å²) in [5, 5.41) is 0. The van der Waals surface area contributed by atoms with E-state index in [0.29, 0.717) is 6.61 Å². The molecule has 0 unspecified atom stereocenters. The Labute approximate surface area is 87.0 Å². The van der Waals surface area contributed by atoms with Gasteiger partial charge in [-0.3, -0.25) is 4.79 Å². The van der Waals surface area contributed by atoms with Gasteiger partial charge in [-0.1, -0.05) is 13.8 Å². The Morgan fingerprint density at radius 3 is 2.29 bits per heavy atom. The maximum Gasteiger partial charge on any atom is 0.308 e. The fourth-order valence-corrected chi connectivity index (χ4v) is 2.28. The van der Waals surface area contributed by atoms with E-state index in [1.807, 2.05) is 6.92 Å². The maximum atomic E-state index is 11.5. The van der Waals surface area contributed by atoms with E-state index < -0.39 is 0 Å². The van der Waals surface area contributed by atoms with Crippen LogP contribution in [0, 0.1) is 17.8 Å². The minimum absolute atomic E-state index is 0.0229. The van der Waals surface area contributed by atoms with Gasteiger partial charge >= 0.3 is 5.97 Å². The topological polar surface area (TPSA) is 26.3 Å². The monoisotopic (exact) mass is 198 g/mol. The average Bonchev–Trinajstić information content (AvgIpc) is 2.18. The van der Waals surface area contributed by atoms with Crippen molar-refractivity contribution in [2.24, 2.45) is 17.8 Å². The average molecular weight is 198 g/mol. The molecular formula is C12H22O2. The van der Waals surface area contributed by atoms with Crippen molar-refractivity contribution < 1.29 is 9.53 Å². The molecule has 1 aliphatic carbocycles. The lowest BCUT2D eigenvalue weighted by atomic mass is 9.77. The first kappa shape index (κ1) is 11.5. The summed E-state index contributed by atoms with van der Waals surface area (Å²) in [6.45, 7) is 6.94. The Balaban J connectivity index is 2.31. The number of hydrogen-bond donors (Lipinski definition) is 0. The smallest absolute Gasteiger partial charge is 0.308 e. The summed E-state index contributed by atoms with van der Waals surface area (Å²) in [5.41, 5.74) is 0.